The lowest BCUT2D eigenvalue weighted by Gasteiger charge is -2.25. The summed E-state index contributed by atoms with van der Waals surface area (Å²) >= 11 is 0. The SMILES string of the molecule is C=CCOCc1nc2cnc3c(ccn3S(=O)(=O)c3ccccc3)c2n1C1CCC(=O)CC1. The highest BCUT2D eigenvalue weighted by atomic mass is 32.2. The molecule has 1 aliphatic rings. The van der Waals surface area contributed by atoms with Gasteiger partial charge in [0, 0.05) is 30.5 Å². The zero-order valence-electron chi connectivity index (χ0n) is 18.1. The van der Waals surface area contributed by atoms with E-state index in [1.165, 1.54) is 10.2 Å². The number of hydrogen-bond acceptors (Lipinski definition) is 6. The maximum Gasteiger partial charge on any atom is 0.269 e. The third kappa shape index (κ3) is 3.77. The quantitative estimate of drug-likeness (QED) is 0.303. The molecule has 8 nitrogen and oxygen atoms in total. The standard InChI is InChI=1S/C24H24N4O4S/c1-2-14-32-16-22-26-21-15-25-24-20(23(21)28(22)17-8-10-18(29)11-9-17)12-13-27(24)33(30,31)19-6-4-3-5-7-19/h2-7,12-13,15,17H,1,8-11,14,16H2. The lowest BCUT2D eigenvalue weighted by Crippen LogP contribution is -2.20. The number of rotatable bonds is 7. The summed E-state index contributed by atoms with van der Waals surface area (Å²) in [5.74, 6) is 1.01. The van der Waals surface area contributed by atoms with E-state index in [0.29, 0.717) is 48.8 Å². The van der Waals surface area contributed by atoms with E-state index < -0.39 is 10.0 Å². The summed E-state index contributed by atoms with van der Waals surface area (Å²) in [5.41, 5.74) is 1.84. The van der Waals surface area contributed by atoms with Gasteiger partial charge in [-0.2, -0.15) is 0 Å². The van der Waals surface area contributed by atoms with Crippen LogP contribution in [0.1, 0.15) is 37.5 Å². The lowest BCUT2D eigenvalue weighted by molar-refractivity contribution is -0.120. The summed E-state index contributed by atoms with van der Waals surface area (Å²) in [7, 11) is -3.80. The first-order chi connectivity index (χ1) is 16.0. The highest BCUT2D eigenvalue weighted by Crippen LogP contribution is 2.35. The summed E-state index contributed by atoms with van der Waals surface area (Å²) < 4.78 is 35.6. The third-order valence-corrected chi connectivity index (χ3v) is 7.73. The Labute approximate surface area is 191 Å². The van der Waals surface area contributed by atoms with E-state index in [0.717, 1.165) is 11.3 Å². The average Bonchev–Trinajstić information content (AvgIpc) is 3.42. The van der Waals surface area contributed by atoms with Crippen LogP contribution in [0.15, 0.2) is 66.3 Å². The van der Waals surface area contributed by atoms with Crippen molar-refractivity contribution >= 4 is 37.9 Å². The third-order valence-electron chi connectivity index (χ3n) is 6.05. The van der Waals surface area contributed by atoms with Crippen LogP contribution in [-0.4, -0.2) is 39.3 Å². The van der Waals surface area contributed by atoms with Crippen molar-refractivity contribution in [1.82, 2.24) is 18.5 Å². The van der Waals surface area contributed by atoms with Crippen molar-refractivity contribution < 1.29 is 17.9 Å². The second-order valence-electron chi connectivity index (χ2n) is 8.13. The van der Waals surface area contributed by atoms with Gasteiger partial charge in [0.1, 0.15) is 23.7 Å². The van der Waals surface area contributed by atoms with Crippen LogP contribution >= 0.6 is 0 Å². The van der Waals surface area contributed by atoms with Gasteiger partial charge >= 0.3 is 0 Å². The van der Waals surface area contributed by atoms with E-state index in [1.54, 1.807) is 48.7 Å². The van der Waals surface area contributed by atoms with Gasteiger partial charge in [0.15, 0.2) is 5.65 Å². The zero-order valence-corrected chi connectivity index (χ0v) is 18.9. The molecule has 0 spiro atoms. The van der Waals surface area contributed by atoms with Gasteiger partial charge in [0.05, 0.1) is 23.2 Å². The summed E-state index contributed by atoms with van der Waals surface area (Å²) in [6.45, 7) is 4.37. The number of ketones is 1. The number of nitrogens with zero attached hydrogens (tertiary/aromatic N) is 4. The average molecular weight is 465 g/mol. The molecule has 0 amide bonds. The predicted octanol–water partition coefficient (Wildman–Crippen LogP) is 4.01. The summed E-state index contributed by atoms with van der Waals surface area (Å²) in [5, 5.41) is 0.700. The second-order valence-corrected chi connectivity index (χ2v) is 9.95. The van der Waals surface area contributed by atoms with Gasteiger partial charge in [-0.25, -0.2) is 22.4 Å². The number of Topliss-reactive ketones (excluding diaryl/α,β-unsaturated/α-hetero) is 1. The van der Waals surface area contributed by atoms with Crippen LogP contribution < -0.4 is 0 Å². The molecule has 9 heteroatoms. The number of pyridine rings is 1. The maximum atomic E-state index is 13.3. The molecular weight excluding hydrogens is 440 g/mol. The van der Waals surface area contributed by atoms with Crippen molar-refractivity contribution in [1.29, 1.82) is 0 Å². The van der Waals surface area contributed by atoms with Gasteiger partial charge in [-0.05, 0) is 31.0 Å². The molecule has 0 unspecified atom stereocenters. The first kappa shape index (κ1) is 21.5. The maximum absolute atomic E-state index is 13.3. The Balaban J connectivity index is 1.69. The molecular formula is C24H24N4O4S. The highest BCUT2D eigenvalue weighted by molar-refractivity contribution is 7.90. The second kappa shape index (κ2) is 8.57. The van der Waals surface area contributed by atoms with Crippen LogP contribution in [0, 0.1) is 0 Å². The number of hydrogen-bond donors (Lipinski definition) is 0. The van der Waals surface area contributed by atoms with Crippen molar-refractivity contribution in [3.05, 3.63) is 67.3 Å². The molecule has 3 aromatic heterocycles. The van der Waals surface area contributed by atoms with Gasteiger partial charge in [-0.15, -0.1) is 6.58 Å². The molecule has 1 fully saturated rings. The van der Waals surface area contributed by atoms with Crippen molar-refractivity contribution in [2.45, 2.75) is 43.2 Å². The van der Waals surface area contributed by atoms with Crippen LogP contribution in [0.25, 0.3) is 22.1 Å². The van der Waals surface area contributed by atoms with E-state index in [4.69, 9.17) is 9.72 Å². The smallest absolute Gasteiger partial charge is 0.269 e. The normalized spacial score (nSPS) is 15.5. The lowest BCUT2D eigenvalue weighted by atomic mass is 9.94. The Kier molecular flexibility index (Phi) is 5.59. The number of carbonyl (C=O) groups excluding carboxylic acids is 1. The largest absolute Gasteiger partial charge is 0.369 e. The van der Waals surface area contributed by atoms with Crippen LogP contribution in [0.2, 0.25) is 0 Å². The molecule has 170 valence electrons. The Morgan fingerprint density at radius 1 is 1.15 bits per heavy atom. The molecule has 0 atom stereocenters. The molecule has 1 aromatic carbocycles. The molecule has 1 saturated carbocycles. The van der Waals surface area contributed by atoms with Gasteiger partial charge in [0.2, 0.25) is 0 Å². The Morgan fingerprint density at radius 3 is 2.64 bits per heavy atom. The topological polar surface area (TPSA) is 96.1 Å². The fourth-order valence-corrected chi connectivity index (χ4v) is 5.83. The minimum Gasteiger partial charge on any atom is -0.369 e. The van der Waals surface area contributed by atoms with E-state index in [2.05, 4.69) is 16.1 Å². The molecule has 33 heavy (non-hydrogen) atoms. The van der Waals surface area contributed by atoms with Crippen LogP contribution in [0.3, 0.4) is 0 Å². The molecule has 0 radical (unpaired) electrons. The van der Waals surface area contributed by atoms with Gasteiger partial charge in [0.25, 0.3) is 10.0 Å². The number of aromatic nitrogens is 4. The van der Waals surface area contributed by atoms with Crippen molar-refractivity contribution in [2.24, 2.45) is 0 Å². The monoisotopic (exact) mass is 464 g/mol. The molecule has 0 bridgehead atoms. The Bertz CT molecular complexity index is 1440. The zero-order chi connectivity index (χ0) is 23.0. The predicted molar refractivity (Wildman–Crippen MR) is 124 cm³/mol. The van der Waals surface area contributed by atoms with Crippen LogP contribution in [0.4, 0.5) is 0 Å². The number of benzene rings is 1. The van der Waals surface area contributed by atoms with E-state index in [1.807, 2.05) is 0 Å². The van der Waals surface area contributed by atoms with Crippen LogP contribution in [0.5, 0.6) is 0 Å². The molecule has 0 saturated heterocycles. The first-order valence-corrected chi connectivity index (χ1v) is 12.3. The summed E-state index contributed by atoms with van der Waals surface area (Å²) in [6.07, 6.45) is 7.30. The molecule has 5 rings (SSSR count). The van der Waals surface area contributed by atoms with E-state index >= 15 is 0 Å². The number of imidazole rings is 1. The van der Waals surface area contributed by atoms with Crippen molar-refractivity contribution in [3.8, 4) is 0 Å². The van der Waals surface area contributed by atoms with Gasteiger partial charge < -0.3 is 9.30 Å². The molecule has 0 aliphatic heterocycles. The molecule has 1 aliphatic carbocycles. The van der Waals surface area contributed by atoms with Crippen molar-refractivity contribution in [2.75, 3.05) is 6.61 Å². The van der Waals surface area contributed by atoms with E-state index in [9.17, 15) is 13.2 Å². The van der Waals surface area contributed by atoms with Crippen LogP contribution in [-0.2, 0) is 26.2 Å². The number of ether oxygens (including phenoxy) is 1. The van der Waals surface area contributed by atoms with Crippen molar-refractivity contribution in [3.63, 3.8) is 0 Å². The minimum absolute atomic E-state index is 0.0784. The van der Waals surface area contributed by atoms with Gasteiger partial charge in [-0.3, -0.25) is 4.79 Å². The number of carbonyl (C=O) groups is 1. The summed E-state index contributed by atoms with van der Waals surface area (Å²) in [6, 6.07) is 10.1. The Hall–Kier alpha value is -3.30. The molecule has 0 N–H and O–H groups in total. The highest BCUT2D eigenvalue weighted by Gasteiger charge is 2.27. The first-order valence-electron chi connectivity index (χ1n) is 10.9. The van der Waals surface area contributed by atoms with Gasteiger partial charge in [-0.1, -0.05) is 24.3 Å². The van der Waals surface area contributed by atoms with E-state index in [-0.39, 0.29) is 23.3 Å². The Morgan fingerprint density at radius 2 is 1.91 bits per heavy atom. The number of fused-ring (bicyclic) bond motifs is 3. The fraction of sp³-hybridized carbons (Fsp3) is 0.292. The molecule has 3 heterocycles. The summed E-state index contributed by atoms with van der Waals surface area (Å²) in [4.78, 5) is 21.3. The fourth-order valence-electron chi connectivity index (χ4n) is 4.51. The molecule has 4 aromatic rings. The minimum atomic E-state index is -3.80.